The topological polar surface area (TPSA) is 115 Å². The van der Waals surface area contributed by atoms with Gasteiger partial charge in [-0.3, -0.25) is 0 Å². The van der Waals surface area contributed by atoms with Crippen LogP contribution in [0.2, 0.25) is 0 Å². The van der Waals surface area contributed by atoms with Crippen molar-refractivity contribution in [1.29, 1.82) is 0 Å². The van der Waals surface area contributed by atoms with Gasteiger partial charge in [-0.25, -0.2) is 4.79 Å². The van der Waals surface area contributed by atoms with E-state index >= 15 is 0 Å². The largest absolute Gasteiger partial charge is 0.491 e. The zero-order valence-corrected chi connectivity index (χ0v) is 32.5. The highest BCUT2D eigenvalue weighted by atomic mass is 16.6. The van der Waals surface area contributed by atoms with Crippen LogP contribution in [0.15, 0.2) is 78.9 Å². The van der Waals surface area contributed by atoms with E-state index in [-0.39, 0.29) is 45.6 Å². The van der Waals surface area contributed by atoms with Crippen molar-refractivity contribution in [1.82, 2.24) is 0 Å². The Morgan fingerprint density at radius 3 is 1.98 bits per heavy atom. The molecular formula is C45H62O8. The summed E-state index contributed by atoms with van der Waals surface area (Å²) in [5, 5.41) is 29.1. The molecule has 3 rings (SSSR count). The average Bonchev–Trinajstić information content (AvgIpc) is 3.16. The maximum absolute atomic E-state index is 12.1. The first-order valence-electron chi connectivity index (χ1n) is 19.2. The van der Waals surface area contributed by atoms with Crippen LogP contribution in [0.3, 0.4) is 0 Å². The minimum Gasteiger partial charge on any atom is -0.491 e. The van der Waals surface area contributed by atoms with Gasteiger partial charge >= 0.3 is 5.97 Å². The summed E-state index contributed by atoms with van der Waals surface area (Å²) < 4.78 is 23.6. The highest BCUT2D eigenvalue weighted by molar-refractivity contribution is 5.86. The number of rotatable bonds is 26. The fraction of sp³-hybridized carbons (Fsp3) is 0.489. The molecule has 0 heterocycles. The van der Waals surface area contributed by atoms with Crippen molar-refractivity contribution in [3.05, 3.63) is 107 Å². The van der Waals surface area contributed by atoms with Gasteiger partial charge in [0.15, 0.2) is 6.29 Å². The quantitative estimate of drug-likeness (QED) is 0.0250. The fourth-order valence-electron chi connectivity index (χ4n) is 6.05. The number of aliphatic hydroxyl groups is 3. The number of hydrogen-bond acceptors (Lipinski definition) is 8. The zero-order valence-electron chi connectivity index (χ0n) is 32.5. The Morgan fingerprint density at radius 2 is 1.34 bits per heavy atom. The number of unbranched alkanes of at least 4 members (excludes halogenated alkanes) is 2. The molecule has 0 saturated carbocycles. The van der Waals surface area contributed by atoms with Gasteiger partial charge in [0, 0.05) is 30.3 Å². The third-order valence-corrected chi connectivity index (χ3v) is 9.33. The number of aliphatic hydroxyl groups excluding tert-OH is 3. The SMILES string of the molecule is C=C(C)C(=O)OCCOc1cc(CCc2ccc(CCCCC)cc2)c(OCCOC(O)C(=C)C)cc1-c1ccc(CCCC(CO)CO)cc1CC. The molecular weight excluding hydrogens is 668 g/mol. The van der Waals surface area contributed by atoms with Gasteiger partial charge in [0.25, 0.3) is 0 Å². The van der Waals surface area contributed by atoms with Gasteiger partial charge in [0.1, 0.15) is 31.3 Å². The Labute approximate surface area is 317 Å². The Kier molecular flexibility index (Phi) is 19.4. The number of esters is 1. The van der Waals surface area contributed by atoms with Crippen molar-refractivity contribution >= 4 is 5.97 Å². The molecule has 0 saturated heterocycles. The second-order valence-corrected chi connectivity index (χ2v) is 13.9. The second-order valence-electron chi connectivity index (χ2n) is 13.9. The van der Waals surface area contributed by atoms with Crippen LogP contribution in [0, 0.1) is 5.92 Å². The lowest BCUT2D eigenvalue weighted by Gasteiger charge is -2.20. The third-order valence-electron chi connectivity index (χ3n) is 9.33. The van der Waals surface area contributed by atoms with Crippen LogP contribution in [-0.2, 0) is 46.4 Å². The summed E-state index contributed by atoms with van der Waals surface area (Å²) in [7, 11) is 0. The molecule has 0 aliphatic rings. The predicted octanol–water partition coefficient (Wildman–Crippen LogP) is 8.15. The van der Waals surface area contributed by atoms with Gasteiger partial charge in [-0.15, -0.1) is 0 Å². The first-order chi connectivity index (χ1) is 25.6. The maximum atomic E-state index is 12.1. The van der Waals surface area contributed by atoms with Crippen LogP contribution in [0.25, 0.3) is 11.1 Å². The van der Waals surface area contributed by atoms with Crippen LogP contribution in [0.5, 0.6) is 11.5 Å². The second kappa shape index (κ2) is 23.7. The standard InChI is InChI=1S/C45H62O8/c1-7-9-10-12-34-15-17-35(18-16-34)19-21-39-28-43(51-24-26-53-45(49)33(5)6)41(29-42(39)50-23-25-52-44(48)32(3)4)40-22-20-36(27-38(40)8-2)13-11-14-37(30-46)31-47/h15-18,20,22,27-29,37,44,46-48H,3,5,7-14,19,21,23-26,30-31H2,1-2,4,6H3. The summed E-state index contributed by atoms with van der Waals surface area (Å²) in [5.74, 6) is 0.809. The van der Waals surface area contributed by atoms with Gasteiger partial charge in [-0.2, -0.15) is 0 Å². The summed E-state index contributed by atoms with van der Waals surface area (Å²) in [6.07, 6.45) is 8.41. The summed E-state index contributed by atoms with van der Waals surface area (Å²) >= 11 is 0. The maximum Gasteiger partial charge on any atom is 0.333 e. The number of carbonyl (C=O) groups is 1. The van der Waals surface area contributed by atoms with Crippen molar-refractivity contribution in [2.75, 3.05) is 39.6 Å². The van der Waals surface area contributed by atoms with E-state index < -0.39 is 12.3 Å². The Morgan fingerprint density at radius 1 is 0.698 bits per heavy atom. The molecule has 3 aromatic carbocycles. The van der Waals surface area contributed by atoms with Gasteiger partial charge in [-0.1, -0.05) is 82.3 Å². The van der Waals surface area contributed by atoms with Crippen LogP contribution < -0.4 is 9.47 Å². The molecule has 0 bridgehead atoms. The number of aryl methyl sites for hydroxylation is 5. The van der Waals surface area contributed by atoms with E-state index in [0.29, 0.717) is 29.1 Å². The summed E-state index contributed by atoms with van der Waals surface area (Å²) in [5.41, 5.74) is 8.61. The highest BCUT2D eigenvalue weighted by Gasteiger charge is 2.18. The molecule has 290 valence electrons. The molecule has 1 atom stereocenters. The summed E-state index contributed by atoms with van der Waals surface area (Å²) in [6.45, 7) is 15.7. The van der Waals surface area contributed by atoms with Gasteiger partial charge < -0.3 is 34.3 Å². The molecule has 0 aliphatic carbocycles. The Hall–Kier alpha value is -3.95. The van der Waals surface area contributed by atoms with Crippen molar-refractivity contribution in [2.24, 2.45) is 5.92 Å². The molecule has 3 aromatic rings. The number of ether oxygens (including phenoxy) is 4. The molecule has 0 radical (unpaired) electrons. The van der Waals surface area contributed by atoms with Crippen LogP contribution in [-0.4, -0.2) is 67.2 Å². The van der Waals surface area contributed by atoms with E-state index in [4.69, 9.17) is 18.9 Å². The fourth-order valence-corrected chi connectivity index (χ4v) is 6.05. The molecule has 8 nitrogen and oxygen atoms in total. The summed E-state index contributed by atoms with van der Waals surface area (Å²) in [4.78, 5) is 12.1. The number of hydrogen-bond donors (Lipinski definition) is 3. The number of benzene rings is 3. The van der Waals surface area contributed by atoms with Crippen molar-refractivity contribution < 1.29 is 39.1 Å². The van der Waals surface area contributed by atoms with E-state index in [1.165, 1.54) is 36.0 Å². The molecule has 53 heavy (non-hydrogen) atoms. The van der Waals surface area contributed by atoms with E-state index in [1.807, 2.05) is 12.1 Å². The van der Waals surface area contributed by atoms with Crippen LogP contribution in [0.4, 0.5) is 0 Å². The zero-order chi connectivity index (χ0) is 38.6. The normalized spacial score (nSPS) is 11.8. The molecule has 0 spiro atoms. The Balaban J connectivity index is 1.97. The monoisotopic (exact) mass is 730 g/mol. The van der Waals surface area contributed by atoms with Crippen molar-refractivity contribution in [3.63, 3.8) is 0 Å². The Bertz CT molecular complexity index is 1570. The van der Waals surface area contributed by atoms with Crippen molar-refractivity contribution in [2.45, 2.75) is 98.2 Å². The van der Waals surface area contributed by atoms with E-state index in [2.05, 4.69) is 69.5 Å². The minimum absolute atomic E-state index is 0.0166. The lowest BCUT2D eigenvalue weighted by molar-refractivity contribution is -0.139. The third kappa shape index (κ3) is 14.8. The lowest BCUT2D eigenvalue weighted by Crippen LogP contribution is -2.17. The van der Waals surface area contributed by atoms with Crippen molar-refractivity contribution in [3.8, 4) is 22.6 Å². The van der Waals surface area contributed by atoms with Gasteiger partial charge in [-0.05, 0) is 116 Å². The predicted molar refractivity (Wildman–Crippen MR) is 212 cm³/mol. The van der Waals surface area contributed by atoms with Crippen LogP contribution in [0.1, 0.15) is 87.6 Å². The molecule has 0 fully saturated rings. The van der Waals surface area contributed by atoms with Gasteiger partial charge in [0.2, 0.25) is 0 Å². The van der Waals surface area contributed by atoms with E-state index in [9.17, 15) is 20.1 Å². The molecule has 8 heteroatoms. The smallest absolute Gasteiger partial charge is 0.333 e. The van der Waals surface area contributed by atoms with E-state index in [1.54, 1.807) is 13.8 Å². The average molecular weight is 731 g/mol. The number of carbonyl (C=O) groups excluding carboxylic acids is 1. The first-order valence-corrected chi connectivity index (χ1v) is 19.2. The lowest BCUT2D eigenvalue weighted by atomic mass is 9.91. The first kappa shape index (κ1) is 43.5. The molecule has 3 N–H and O–H groups in total. The van der Waals surface area contributed by atoms with E-state index in [0.717, 1.165) is 60.8 Å². The summed E-state index contributed by atoms with van der Waals surface area (Å²) in [6, 6.07) is 19.4. The molecule has 1 unspecified atom stereocenters. The molecule has 0 aliphatic heterocycles. The van der Waals surface area contributed by atoms with Crippen LogP contribution >= 0.6 is 0 Å². The minimum atomic E-state index is -1.06. The molecule has 0 amide bonds. The molecule has 0 aromatic heterocycles. The highest BCUT2D eigenvalue weighted by Crippen LogP contribution is 2.39. The van der Waals surface area contributed by atoms with Gasteiger partial charge in [0.05, 0.1) is 6.61 Å².